The molecule has 0 aliphatic heterocycles. The molecule has 0 bridgehead atoms. The van der Waals surface area contributed by atoms with Crippen molar-refractivity contribution >= 4 is 23.8 Å². The van der Waals surface area contributed by atoms with Gasteiger partial charge in [-0.25, -0.2) is 0 Å². The van der Waals surface area contributed by atoms with Crippen molar-refractivity contribution in [2.75, 3.05) is 61.5 Å². The van der Waals surface area contributed by atoms with Gasteiger partial charge >= 0.3 is 11.9 Å². The largest absolute Gasteiger partial charge is 0.481 e. The third-order valence-electron chi connectivity index (χ3n) is 12.8. The molecule has 0 fully saturated rings. The number of carboxylic acid groups (broad SMARTS) is 1. The monoisotopic (exact) mass is 923 g/mol. The van der Waals surface area contributed by atoms with Gasteiger partial charge in [0.25, 0.3) is 0 Å². The Morgan fingerprint density at radius 2 is 0.692 bits per heavy atom. The molecule has 10 nitrogen and oxygen atoms in total. The molecule has 0 aromatic heterocycles. The molecule has 0 saturated heterocycles. The molecule has 0 radical (unpaired) electrons. The van der Waals surface area contributed by atoms with E-state index in [2.05, 4.69) is 51.6 Å². The van der Waals surface area contributed by atoms with Gasteiger partial charge in [0, 0.05) is 38.0 Å². The Hall–Kier alpha value is -2.20. The molecule has 0 aliphatic rings. The number of carbonyl (C=O) groups excluding carboxylic acids is 3. The molecular weight excluding hydrogens is 813 g/mol. The average Bonchev–Trinajstić information content (AvgIpc) is 3.27. The highest BCUT2D eigenvalue weighted by Crippen LogP contribution is 2.21. The number of hydrogen-bond donors (Lipinski definition) is 1. The molecule has 10 heteroatoms. The number of methoxy groups -OCH3 is 1. The van der Waals surface area contributed by atoms with Crippen LogP contribution in [-0.4, -0.2) is 122 Å². The SMILES string of the molecule is CCCCCCCCCC(=O)N(CCCN(C)C)C(CCCCCCCCC)CC(=O)O.CCCCCCCCCC(=O)N(CCCN(C)C)C(CCCCCCCCC)CC(=O)OC. The van der Waals surface area contributed by atoms with Crippen molar-refractivity contribution < 1.29 is 29.0 Å². The molecule has 1 N–H and O–H groups in total. The van der Waals surface area contributed by atoms with Crippen LogP contribution in [0.25, 0.3) is 0 Å². The number of amides is 2. The number of carbonyl (C=O) groups is 4. The lowest BCUT2D eigenvalue weighted by atomic mass is 10.0. The summed E-state index contributed by atoms with van der Waals surface area (Å²) in [5, 5.41) is 9.50. The maximum absolute atomic E-state index is 13.2. The van der Waals surface area contributed by atoms with E-state index in [9.17, 15) is 24.3 Å². The maximum atomic E-state index is 13.2. The van der Waals surface area contributed by atoms with Crippen molar-refractivity contribution in [1.82, 2.24) is 19.6 Å². The molecule has 0 heterocycles. The lowest BCUT2D eigenvalue weighted by Crippen LogP contribution is -2.43. The van der Waals surface area contributed by atoms with E-state index in [0.29, 0.717) is 25.8 Å². The van der Waals surface area contributed by atoms with Crippen molar-refractivity contribution in [3.8, 4) is 0 Å². The zero-order chi connectivity index (χ0) is 48.8. The highest BCUT2D eigenvalue weighted by Gasteiger charge is 2.27. The van der Waals surface area contributed by atoms with Crippen molar-refractivity contribution in [3.63, 3.8) is 0 Å². The second-order valence-electron chi connectivity index (χ2n) is 19.7. The normalized spacial score (nSPS) is 12.2. The Kier molecular flexibility index (Phi) is 48.2. The van der Waals surface area contributed by atoms with Gasteiger partial charge in [0.2, 0.25) is 11.8 Å². The van der Waals surface area contributed by atoms with Crippen molar-refractivity contribution in [2.45, 2.75) is 271 Å². The number of ether oxygens (including phenoxy) is 1. The lowest BCUT2D eigenvalue weighted by Gasteiger charge is -2.32. The fourth-order valence-corrected chi connectivity index (χ4v) is 8.78. The summed E-state index contributed by atoms with van der Waals surface area (Å²) in [7, 11) is 9.66. The first-order valence-corrected chi connectivity index (χ1v) is 27.5. The maximum Gasteiger partial charge on any atom is 0.307 e. The van der Waals surface area contributed by atoms with E-state index in [0.717, 1.165) is 90.3 Å². The molecule has 0 aromatic rings. The van der Waals surface area contributed by atoms with Crippen LogP contribution >= 0.6 is 0 Å². The first-order chi connectivity index (χ1) is 31.4. The number of aliphatic carboxylic acids is 1. The van der Waals surface area contributed by atoms with Crippen LogP contribution in [-0.2, 0) is 23.9 Å². The van der Waals surface area contributed by atoms with Crippen LogP contribution in [0.15, 0.2) is 0 Å². The molecule has 2 amide bonds. The summed E-state index contributed by atoms with van der Waals surface area (Å²) >= 11 is 0. The third-order valence-corrected chi connectivity index (χ3v) is 12.8. The van der Waals surface area contributed by atoms with Gasteiger partial charge in [0.05, 0.1) is 20.0 Å². The zero-order valence-corrected chi connectivity index (χ0v) is 44.7. The molecule has 386 valence electrons. The van der Waals surface area contributed by atoms with Gasteiger partial charge in [0.15, 0.2) is 0 Å². The number of hydrogen-bond acceptors (Lipinski definition) is 7. The van der Waals surface area contributed by atoms with E-state index in [4.69, 9.17) is 4.74 Å². The van der Waals surface area contributed by atoms with Gasteiger partial charge in [-0.15, -0.1) is 0 Å². The van der Waals surface area contributed by atoms with Crippen LogP contribution in [0.1, 0.15) is 259 Å². The summed E-state index contributed by atoms with van der Waals surface area (Å²) in [5.41, 5.74) is 0. The van der Waals surface area contributed by atoms with E-state index in [-0.39, 0.29) is 36.3 Å². The molecule has 2 unspecified atom stereocenters. The second kappa shape index (κ2) is 48.3. The predicted octanol–water partition coefficient (Wildman–Crippen LogP) is 13.9. The molecule has 0 aliphatic carbocycles. The molecule has 0 saturated carbocycles. The molecular formula is C55H110N4O6. The fourth-order valence-electron chi connectivity index (χ4n) is 8.78. The fraction of sp³-hybridized carbons (Fsp3) is 0.927. The molecule has 0 spiro atoms. The van der Waals surface area contributed by atoms with Crippen LogP contribution in [0.3, 0.4) is 0 Å². The summed E-state index contributed by atoms with van der Waals surface area (Å²) < 4.78 is 4.99. The third kappa shape index (κ3) is 42.9. The topological polar surface area (TPSA) is 111 Å². The summed E-state index contributed by atoms with van der Waals surface area (Å²) in [5.74, 6) is -0.616. The number of carboxylic acids is 1. The van der Waals surface area contributed by atoms with Crippen molar-refractivity contribution in [1.29, 1.82) is 0 Å². The Balaban J connectivity index is 0. The molecule has 0 aromatic carbocycles. The second-order valence-corrected chi connectivity index (χ2v) is 19.7. The van der Waals surface area contributed by atoms with Crippen LogP contribution in [0, 0.1) is 0 Å². The van der Waals surface area contributed by atoms with Gasteiger partial charge in [-0.2, -0.15) is 0 Å². The van der Waals surface area contributed by atoms with E-state index in [1.807, 2.05) is 23.9 Å². The van der Waals surface area contributed by atoms with E-state index in [1.165, 1.54) is 142 Å². The summed E-state index contributed by atoms with van der Waals surface area (Å²) in [4.78, 5) is 58.3. The summed E-state index contributed by atoms with van der Waals surface area (Å²) in [6.45, 7) is 12.2. The van der Waals surface area contributed by atoms with Crippen LogP contribution in [0.4, 0.5) is 0 Å². The summed E-state index contributed by atoms with van der Waals surface area (Å²) in [6, 6.07) is -0.199. The molecule has 2 atom stereocenters. The minimum absolute atomic E-state index is 0.0349. The number of unbranched alkanes of at least 4 members (excludes halogenated alkanes) is 24. The lowest BCUT2D eigenvalue weighted by molar-refractivity contribution is -0.144. The minimum Gasteiger partial charge on any atom is -0.481 e. The highest BCUT2D eigenvalue weighted by molar-refractivity contribution is 5.78. The minimum atomic E-state index is -0.792. The number of rotatable bonds is 46. The standard InChI is InChI=1S/C28H56N2O3.C27H54N2O3/c1-6-8-10-12-14-16-18-21-26(25-28(32)33-5)30(24-20-23-29(3)4)27(31)22-19-17-15-13-11-9-7-2;1-5-7-9-11-13-15-17-20-25(24-27(31)32)29(23-19-22-28(3)4)26(30)21-18-16-14-12-10-8-6-2/h26H,6-25H2,1-5H3;25H,5-24H2,1-4H3,(H,31,32). The molecule has 65 heavy (non-hydrogen) atoms. The average molecular weight is 924 g/mol. The van der Waals surface area contributed by atoms with Crippen LogP contribution in [0.2, 0.25) is 0 Å². The Morgan fingerprint density at radius 1 is 0.400 bits per heavy atom. The smallest absolute Gasteiger partial charge is 0.307 e. The van der Waals surface area contributed by atoms with Gasteiger partial charge in [0.1, 0.15) is 0 Å². The highest BCUT2D eigenvalue weighted by atomic mass is 16.5. The van der Waals surface area contributed by atoms with E-state index >= 15 is 0 Å². The molecule has 0 rings (SSSR count). The zero-order valence-electron chi connectivity index (χ0n) is 44.7. The van der Waals surface area contributed by atoms with Crippen LogP contribution in [0.5, 0.6) is 0 Å². The van der Waals surface area contributed by atoms with Crippen LogP contribution < -0.4 is 0 Å². The summed E-state index contributed by atoms with van der Waals surface area (Å²) in [6.07, 6.45) is 39.0. The first kappa shape index (κ1) is 64.9. The Morgan fingerprint density at radius 3 is 0.985 bits per heavy atom. The van der Waals surface area contributed by atoms with Crippen molar-refractivity contribution in [2.24, 2.45) is 0 Å². The Labute approximate surface area is 403 Å². The predicted molar refractivity (Wildman–Crippen MR) is 277 cm³/mol. The van der Waals surface area contributed by atoms with E-state index < -0.39 is 5.97 Å². The Bertz CT molecular complexity index is 1090. The number of esters is 1. The number of nitrogens with zero attached hydrogens (tertiary/aromatic N) is 4. The quantitative estimate of drug-likeness (QED) is 0.0475. The first-order valence-electron chi connectivity index (χ1n) is 27.5. The van der Waals surface area contributed by atoms with Gasteiger partial charge in [-0.1, -0.05) is 195 Å². The van der Waals surface area contributed by atoms with Gasteiger partial charge in [-0.3, -0.25) is 19.2 Å². The van der Waals surface area contributed by atoms with Crippen molar-refractivity contribution in [3.05, 3.63) is 0 Å². The van der Waals surface area contributed by atoms with E-state index in [1.54, 1.807) is 0 Å². The van der Waals surface area contributed by atoms with Gasteiger partial charge in [-0.05, 0) is 79.8 Å². The van der Waals surface area contributed by atoms with Gasteiger partial charge < -0.3 is 29.4 Å².